The van der Waals surface area contributed by atoms with E-state index in [9.17, 15) is 9.59 Å². The summed E-state index contributed by atoms with van der Waals surface area (Å²) in [4.78, 5) is 26.4. The van der Waals surface area contributed by atoms with Gasteiger partial charge in [0.1, 0.15) is 0 Å². The minimum absolute atomic E-state index is 0.0701. The number of piperidine rings is 1. The van der Waals surface area contributed by atoms with Crippen LogP contribution in [-0.2, 0) is 0 Å². The molecule has 1 aromatic carbocycles. The fourth-order valence-electron chi connectivity index (χ4n) is 2.72. The highest BCUT2D eigenvalue weighted by molar-refractivity contribution is 5.97. The van der Waals surface area contributed by atoms with E-state index in [1.54, 1.807) is 24.3 Å². The second kappa shape index (κ2) is 7.43. The molecule has 1 aliphatic heterocycles. The first-order valence-electron chi connectivity index (χ1n) is 8.15. The smallest absolute Gasteiger partial charge is 0.253 e. The van der Waals surface area contributed by atoms with Crippen molar-refractivity contribution in [3.05, 3.63) is 35.4 Å². The summed E-state index contributed by atoms with van der Waals surface area (Å²) >= 11 is 0. The van der Waals surface area contributed by atoms with Crippen molar-refractivity contribution < 1.29 is 9.59 Å². The lowest BCUT2D eigenvalue weighted by Gasteiger charge is -2.31. The molecule has 0 aliphatic carbocycles. The van der Waals surface area contributed by atoms with E-state index in [1.165, 1.54) is 6.42 Å². The Balaban J connectivity index is 1.99. The summed E-state index contributed by atoms with van der Waals surface area (Å²) in [5, 5.41) is 2.88. The summed E-state index contributed by atoms with van der Waals surface area (Å²) in [6.07, 6.45) is 2.27. The molecule has 0 bridgehead atoms. The Morgan fingerprint density at radius 3 is 2.45 bits per heavy atom. The molecule has 1 heterocycles. The molecule has 1 aliphatic rings. The van der Waals surface area contributed by atoms with E-state index in [-0.39, 0.29) is 11.8 Å². The van der Waals surface area contributed by atoms with Gasteiger partial charge >= 0.3 is 0 Å². The van der Waals surface area contributed by atoms with E-state index in [4.69, 9.17) is 0 Å². The largest absolute Gasteiger partial charge is 0.352 e. The molecule has 2 rings (SSSR count). The minimum Gasteiger partial charge on any atom is -0.352 e. The maximum Gasteiger partial charge on any atom is 0.253 e. The van der Waals surface area contributed by atoms with Gasteiger partial charge in [-0.3, -0.25) is 9.59 Å². The lowest BCUT2D eigenvalue weighted by atomic mass is 9.99. The Bertz CT molecular complexity index is 522. The zero-order valence-electron chi connectivity index (χ0n) is 13.8. The molecule has 1 N–H and O–H groups in total. The number of nitrogens with zero attached hydrogens (tertiary/aromatic N) is 1. The molecule has 22 heavy (non-hydrogen) atoms. The molecule has 4 nitrogen and oxygen atoms in total. The normalized spacial score (nSPS) is 18.4. The number of amides is 2. The van der Waals surface area contributed by atoms with Crippen LogP contribution in [0.3, 0.4) is 0 Å². The van der Waals surface area contributed by atoms with E-state index in [1.807, 2.05) is 4.90 Å². The minimum atomic E-state index is -0.0840. The lowest BCUT2D eigenvalue weighted by Crippen LogP contribution is -2.39. The molecule has 1 unspecified atom stereocenters. The molecular weight excluding hydrogens is 276 g/mol. The number of hydrogen-bond acceptors (Lipinski definition) is 2. The average molecular weight is 302 g/mol. The van der Waals surface area contributed by atoms with Crippen LogP contribution in [0.1, 0.15) is 54.3 Å². The van der Waals surface area contributed by atoms with E-state index in [0.717, 1.165) is 19.5 Å². The van der Waals surface area contributed by atoms with Crippen molar-refractivity contribution in [1.29, 1.82) is 0 Å². The fourth-order valence-corrected chi connectivity index (χ4v) is 2.72. The predicted molar refractivity (Wildman–Crippen MR) is 87.9 cm³/mol. The number of likely N-dealkylation sites (tertiary alicyclic amines) is 1. The van der Waals surface area contributed by atoms with Gasteiger partial charge in [0.05, 0.1) is 0 Å². The van der Waals surface area contributed by atoms with Gasteiger partial charge < -0.3 is 10.2 Å². The van der Waals surface area contributed by atoms with Gasteiger partial charge in [0.15, 0.2) is 0 Å². The van der Waals surface area contributed by atoms with Gasteiger partial charge in [-0.15, -0.1) is 0 Å². The second-order valence-corrected chi connectivity index (χ2v) is 6.68. The van der Waals surface area contributed by atoms with Crippen LogP contribution in [-0.4, -0.2) is 36.3 Å². The van der Waals surface area contributed by atoms with E-state index < -0.39 is 0 Å². The molecule has 4 heteroatoms. The van der Waals surface area contributed by atoms with Crippen molar-refractivity contribution in [3.8, 4) is 0 Å². The van der Waals surface area contributed by atoms with E-state index in [0.29, 0.717) is 29.5 Å². The van der Waals surface area contributed by atoms with Crippen LogP contribution in [0.15, 0.2) is 24.3 Å². The Morgan fingerprint density at radius 2 is 1.86 bits per heavy atom. The third-order valence-corrected chi connectivity index (χ3v) is 4.01. The van der Waals surface area contributed by atoms with Gasteiger partial charge in [-0.05, 0) is 48.9 Å². The summed E-state index contributed by atoms with van der Waals surface area (Å²) in [5.74, 6) is 0.977. The van der Waals surface area contributed by atoms with Crippen molar-refractivity contribution in [2.75, 3.05) is 19.6 Å². The third kappa shape index (κ3) is 4.33. The molecule has 0 saturated carbocycles. The van der Waals surface area contributed by atoms with Gasteiger partial charge in [-0.25, -0.2) is 0 Å². The van der Waals surface area contributed by atoms with E-state index >= 15 is 0 Å². The number of hydrogen-bond donors (Lipinski definition) is 1. The molecule has 120 valence electrons. The zero-order chi connectivity index (χ0) is 16.1. The molecular formula is C18H26N2O2. The number of carbonyl (C=O) groups excluding carboxylic acids is 2. The maximum absolute atomic E-state index is 12.5. The Kier molecular flexibility index (Phi) is 5.58. The molecule has 0 aromatic heterocycles. The van der Waals surface area contributed by atoms with Gasteiger partial charge in [-0.1, -0.05) is 20.8 Å². The van der Waals surface area contributed by atoms with Crippen molar-refractivity contribution in [1.82, 2.24) is 10.2 Å². The van der Waals surface area contributed by atoms with Crippen LogP contribution < -0.4 is 5.32 Å². The van der Waals surface area contributed by atoms with Crippen LogP contribution >= 0.6 is 0 Å². The van der Waals surface area contributed by atoms with Crippen molar-refractivity contribution >= 4 is 11.8 Å². The highest BCUT2D eigenvalue weighted by Crippen LogP contribution is 2.18. The summed E-state index contributed by atoms with van der Waals surface area (Å²) in [5.41, 5.74) is 1.26. The number of nitrogens with one attached hydrogen (secondary N) is 1. The summed E-state index contributed by atoms with van der Waals surface area (Å²) < 4.78 is 0. The first-order valence-corrected chi connectivity index (χ1v) is 8.15. The SMILES string of the molecule is CC(C)CNC(=O)c1ccc(C(=O)N2CCCC(C)C2)cc1. The quantitative estimate of drug-likeness (QED) is 0.929. The predicted octanol–water partition coefficient (Wildman–Crippen LogP) is 2.94. The highest BCUT2D eigenvalue weighted by atomic mass is 16.2. The highest BCUT2D eigenvalue weighted by Gasteiger charge is 2.22. The van der Waals surface area contributed by atoms with Crippen molar-refractivity contribution in [3.63, 3.8) is 0 Å². The van der Waals surface area contributed by atoms with Crippen LogP contribution in [0.2, 0.25) is 0 Å². The fraction of sp³-hybridized carbons (Fsp3) is 0.556. The lowest BCUT2D eigenvalue weighted by molar-refractivity contribution is 0.0682. The monoisotopic (exact) mass is 302 g/mol. The van der Waals surface area contributed by atoms with Gasteiger partial charge in [0.2, 0.25) is 0 Å². The van der Waals surface area contributed by atoms with Crippen molar-refractivity contribution in [2.45, 2.75) is 33.6 Å². The van der Waals surface area contributed by atoms with Gasteiger partial charge in [-0.2, -0.15) is 0 Å². The Morgan fingerprint density at radius 1 is 1.23 bits per heavy atom. The first-order chi connectivity index (χ1) is 10.5. The van der Waals surface area contributed by atoms with Crippen LogP contribution in [0.4, 0.5) is 0 Å². The molecule has 2 amide bonds. The summed E-state index contributed by atoms with van der Waals surface area (Å²) in [6.45, 7) is 8.62. The topological polar surface area (TPSA) is 49.4 Å². The standard InChI is InChI=1S/C18H26N2O2/c1-13(2)11-19-17(21)15-6-8-16(9-7-15)18(22)20-10-4-5-14(3)12-20/h6-9,13-14H,4-5,10-12H2,1-3H3,(H,19,21). The van der Waals surface area contributed by atoms with E-state index in [2.05, 4.69) is 26.1 Å². The van der Waals surface area contributed by atoms with Crippen LogP contribution in [0.25, 0.3) is 0 Å². The summed E-state index contributed by atoms with van der Waals surface area (Å²) in [7, 11) is 0. The second-order valence-electron chi connectivity index (χ2n) is 6.68. The Labute approximate surface area is 132 Å². The average Bonchev–Trinajstić information content (AvgIpc) is 2.52. The number of carbonyl (C=O) groups is 2. The third-order valence-electron chi connectivity index (χ3n) is 4.01. The number of rotatable bonds is 4. The van der Waals surface area contributed by atoms with Gasteiger partial charge in [0.25, 0.3) is 11.8 Å². The number of benzene rings is 1. The Hall–Kier alpha value is -1.84. The van der Waals surface area contributed by atoms with Crippen LogP contribution in [0.5, 0.6) is 0 Å². The van der Waals surface area contributed by atoms with Crippen LogP contribution in [0, 0.1) is 11.8 Å². The molecule has 1 aromatic rings. The van der Waals surface area contributed by atoms with Crippen molar-refractivity contribution in [2.24, 2.45) is 11.8 Å². The first kappa shape index (κ1) is 16.5. The molecule has 0 spiro atoms. The summed E-state index contributed by atoms with van der Waals surface area (Å²) in [6, 6.07) is 6.98. The van der Waals surface area contributed by atoms with Gasteiger partial charge in [0, 0.05) is 30.8 Å². The molecule has 1 fully saturated rings. The molecule has 1 saturated heterocycles. The molecule has 1 atom stereocenters. The zero-order valence-corrected chi connectivity index (χ0v) is 13.8. The maximum atomic E-state index is 12.5. The molecule has 0 radical (unpaired) electrons.